The zero-order valence-corrected chi connectivity index (χ0v) is 12.6. The summed E-state index contributed by atoms with van der Waals surface area (Å²) in [5, 5.41) is 18.2. The van der Waals surface area contributed by atoms with E-state index >= 15 is 0 Å². The summed E-state index contributed by atoms with van der Waals surface area (Å²) < 4.78 is 9.66. The highest BCUT2D eigenvalue weighted by Gasteiger charge is 2.33. The highest BCUT2D eigenvalue weighted by molar-refractivity contribution is 5.73. The Kier molecular flexibility index (Phi) is 12.3. The number of carbonyl (C=O) groups excluding carboxylic acids is 2. The molecular formula is C13H27NO6. The maximum absolute atomic E-state index is 11.6. The van der Waals surface area contributed by atoms with Gasteiger partial charge in [0.15, 0.2) is 13.1 Å². The van der Waals surface area contributed by atoms with E-state index in [2.05, 4.69) is 0 Å². The largest absolute Gasteiger partial charge is 0.462 e. The number of nitrogens with zero attached hydrogens (tertiary/aromatic N) is 1. The van der Waals surface area contributed by atoms with E-state index in [1.807, 2.05) is 0 Å². The molecule has 2 N–H and O–H groups in total. The second kappa shape index (κ2) is 11.6. The molecule has 0 fully saturated rings. The average Bonchev–Trinajstić information content (AvgIpc) is 2.29. The molecule has 20 heavy (non-hydrogen) atoms. The summed E-state index contributed by atoms with van der Waals surface area (Å²) >= 11 is 0. The number of hydrogen-bond acceptors (Lipinski definition) is 6. The number of esters is 2. The van der Waals surface area contributed by atoms with E-state index in [1.165, 1.54) is 0 Å². The molecule has 0 aliphatic rings. The highest BCUT2D eigenvalue weighted by atomic mass is 16.5. The molecule has 0 saturated heterocycles. The molecule has 7 nitrogen and oxygen atoms in total. The molecule has 0 bridgehead atoms. The van der Waals surface area contributed by atoms with Crippen molar-refractivity contribution >= 4 is 11.9 Å². The van der Waals surface area contributed by atoms with E-state index in [4.69, 9.17) is 19.7 Å². The van der Waals surface area contributed by atoms with Crippen molar-refractivity contribution in [1.82, 2.24) is 0 Å². The summed E-state index contributed by atoms with van der Waals surface area (Å²) in [5.41, 5.74) is 0. The number of ether oxygens (including phenoxy) is 2. The second-order valence-corrected chi connectivity index (χ2v) is 4.16. The quantitative estimate of drug-likeness (QED) is 0.316. The summed E-state index contributed by atoms with van der Waals surface area (Å²) in [7, 11) is 0. The van der Waals surface area contributed by atoms with Gasteiger partial charge in [0.1, 0.15) is 13.1 Å². The fraction of sp³-hybridized carbons (Fsp3) is 0.769. The zero-order valence-electron chi connectivity index (χ0n) is 12.6. The number of aliphatic hydroxyl groups excluding tert-OH is 2. The van der Waals surface area contributed by atoms with Gasteiger partial charge in [-0.3, -0.25) is 0 Å². The van der Waals surface area contributed by atoms with Gasteiger partial charge in [-0.2, -0.15) is 0 Å². The first-order chi connectivity index (χ1) is 9.03. The molecule has 0 amide bonds. The van der Waals surface area contributed by atoms with Crippen LogP contribution in [0.2, 0.25) is 0 Å². The van der Waals surface area contributed by atoms with Crippen molar-refractivity contribution in [1.29, 1.82) is 0 Å². The number of quaternary nitrogens is 1. The van der Waals surface area contributed by atoms with Crippen molar-refractivity contribution in [3.63, 3.8) is 0 Å². The molecule has 0 aliphatic carbocycles. The Balaban J connectivity index is 0. The van der Waals surface area contributed by atoms with Gasteiger partial charge in [-0.1, -0.05) is 0 Å². The van der Waals surface area contributed by atoms with E-state index < -0.39 is 11.9 Å². The maximum atomic E-state index is 11.6. The first kappa shape index (κ1) is 21.1. The molecule has 0 rings (SSSR count). The lowest BCUT2D eigenvalue weighted by molar-refractivity contribution is -0.915. The minimum absolute atomic E-state index is 0. The topological polar surface area (TPSA) is 93.1 Å². The van der Waals surface area contributed by atoms with Crippen molar-refractivity contribution in [3.05, 3.63) is 7.43 Å². The minimum atomic E-state index is -0.464. The van der Waals surface area contributed by atoms with Gasteiger partial charge in [0.25, 0.3) is 0 Å². The molecular weight excluding hydrogens is 266 g/mol. The molecule has 0 heterocycles. The van der Waals surface area contributed by atoms with E-state index in [0.717, 1.165) is 0 Å². The highest BCUT2D eigenvalue weighted by Crippen LogP contribution is 2.08. The van der Waals surface area contributed by atoms with E-state index in [0.29, 0.717) is 0 Å². The molecule has 0 unspecified atom stereocenters. The van der Waals surface area contributed by atoms with Gasteiger partial charge in [-0.15, -0.1) is 0 Å². The Morgan fingerprint density at radius 3 is 1.50 bits per heavy atom. The second-order valence-electron chi connectivity index (χ2n) is 4.16. The molecule has 0 radical (unpaired) electrons. The van der Waals surface area contributed by atoms with Gasteiger partial charge < -0.3 is 31.6 Å². The number of aliphatic hydroxyl groups is 2. The van der Waals surface area contributed by atoms with Crippen LogP contribution in [-0.4, -0.2) is 79.2 Å². The summed E-state index contributed by atoms with van der Waals surface area (Å²) in [6.07, 6.45) is 0. The smallest absolute Gasteiger partial charge is 0.361 e. The van der Waals surface area contributed by atoms with Crippen LogP contribution in [0.25, 0.3) is 0 Å². The summed E-state index contributed by atoms with van der Waals surface area (Å²) in [4.78, 5) is 23.2. The van der Waals surface area contributed by atoms with Gasteiger partial charge in [-0.05, 0) is 13.8 Å². The van der Waals surface area contributed by atoms with E-state index in [-0.39, 0.29) is 64.5 Å². The average molecular weight is 293 g/mol. The Labute approximate surface area is 120 Å². The molecule has 0 aromatic rings. The monoisotopic (exact) mass is 293 g/mol. The van der Waals surface area contributed by atoms with Crippen LogP contribution in [0.5, 0.6) is 0 Å². The minimum Gasteiger partial charge on any atom is -0.462 e. The predicted molar refractivity (Wildman–Crippen MR) is 73.6 cm³/mol. The lowest BCUT2D eigenvalue weighted by Gasteiger charge is -2.35. The fourth-order valence-electron chi connectivity index (χ4n) is 1.87. The van der Waals surface area contributed by atoms with Crippen LogP contribution in [0.1, 0.15) is 13.8 Å². The van der Waals surface area contributed by atoms with Crippen LogP contribution < -0.4 is 0 Å². The Hall–Kier alpha value is -1.18. The van der Waals surface area contributed by atoms with Crippen molar-refractivity contribution in [2.45, 2.75) is 13.8 Å². The lowest BCUT2D eigenvalue weighted by atomic mass is 10.3. The van der Waals surface area contributed by atoms with Crippen molar-refractivity contribution in [2.75, 3.05) is 52.6 Å². The van der Waals surface area contributed by atoms with E-state index in [9.17, 15) is 9.59 Å². The van der Waals surface area contributed by atoms with Gasteiger partial charge >= 0.3 is 11.9 Å². The summed E-state index contributed by atoms with van der Waals surface area (Å²) in [5.74, 6) is -0.928. The van der Waals surface area contributed by atoms with Crippen LogP contribution in [-0.2, 0) is 19.1 Å². The number of rotatable bonds is 10. The molecule has 0 spiro atoms. The van der Waals surface area contributed by atoms with Crippen LogP contribution in [0.15, 0.2) is 0 Å². The third-order valence-electron chi connectivity index (χ3n) is 2.69. The van der Waals surface area contributed by atoms with Gasteiger partial charge in [0, 0.05) is 0 Å². The Morgan fingerprint density at radius 2 is 1.25 bits per heavy atom. The zero-order chi connectivity index (χ0) is 14.7. The first-order valence-electron chi connectivity index (χ1n) is 6.41. The number of carbonyl (C=O) groups is 2. The van der Waals surface area contributed by atoms with Crippen molar-refractivity contribution in [3.8, 4) is 0 Å². The standard InChI is InChI=1S/C12H24NO6.CH3/c1-3-18-11(16)9-13(5-7-14,6-8-15)10-12(17)19-4-2;/h14-15H,3-10H2,1-2H3;1H3/q+1;-1. The molecule has 120 valence electrons. The molecule has 0 atom stereocenters. The Bertz CT molecular complexity index is 254. The van der Waals surface area contributed by atoms with Crippen LogP contribution in [0, 0.1) is 7.43 Å². The molecule has 0 aromatic carbocycles. The maximum Gasteiger partial charge on any atom is 0.361 e. The first-order valence-corrected chi connectivity index (χ1v) is 6.41. The fourth-order valence-corrected chi connectivity index (χ4v) is 1.87. The third-order valence-corrected chi connectivity index (χ3v) is 2.69. The summed E-state index contributed by atoms with van der Waals surface area (Å²) in [6, 6.07) is 0. The van der Waals surface area contributed by atoms with Crippen molar-refractivity contribution in [2.24, 2.45) is 0 Å². The van der Waals surface area contributed by atoms with Gasteiger partial charge in [0.2, 0.25) is 0 Å². The summed E-state index contributed by atoms with van der Waals surface area (Å²) in [6.45, 7) is 3.69. The van der Waals surface area contributed by atoms with Crippen LogP contribution >= 0.6 is 0 Å². The SMILES string of the molecule is CCOC(=O)C[N+](CCO)(CCO)CC(=O)OCC.[CH3-]. The molecule has 0 saturated carbocycles. The number of hydrogen-bond donors (Lipinski definition) is 2. The normalized spacial score (nSPS) is 10.6. The van der Waals surface area contributed by atoms with Crippen molar-refractivity contribution < 1.29 is 33.8 Å². The third kappa shape index (κ3) is 8.08. The van der Waals surface area contributed by atoms with Gasteiger partial charge in [0.05, 0.1) is 26.4 Å². The lowest BCUT2D eigenvalue weighted by Crippen LogP contribution is -2.57. The molecule has 7 heteroatoms. The predicted octanol–water partition coefficient (Wildman–Crippen LogP) is -0.636. The Morgan fingerprint density at radius 1 is 0.900 bits per heavy atom. The molecule has 0 aliphatic heterocycles. The van der Waals surface area contributed by atoms with Crippen LogP contribution in [0.3, 0.4) is 0 Å². The molecule has 0 aromatic heterocycles. The van der Waals surface area contributed by atoms with E-state index in [1.54, 1.807) is 13.8 Å². The van der Waals surface area contributed by atoms with Crippen LogP contribution in [0.4, 0.5) is 0 Å². The van der Waals surface area contributed by atoms with Gasteiger partial charge in [-0.25, -0.2) is 9.59 Å².